The lowest BCUT2D eigenvalue weighted by molar-refractivity contribution is -0.870. The zero-order chi connectivity index (χ0) is 40.0. The number of hydrogen-bond acceptors (Lipinski definition) is 8. The molecule has 0 aromatic heterocycles. The van der Waals surface area contributed by atoms with E-state index in [1.165, 1.54) is 64.2 Å². The van der Waals surface area contributed by atoms with Crippen LogP contribution in [0.5, 0.6) is 0 Å². The maximum Gasteiger partial charge on any atom is 0.305 e. The number of unbranched alkanes of at least 4 members (excludes halogenated alkanes) is 16. The molecule has 0 aliphatic heterocycles. The van der Waals surface area contributed by atoms with Crippen LogP contribution >= 0.6 is 7.82 Å². The van der Waals surface area contributed by atoms with Crippen LogP contribution in [0.1, 0.15) is 155 Å². The number of rotatable bonds is 38. The van der Waals surface area contributed by atoms with Gasteiger partial charge in [0.25, 0.3) is 7.82 Å². The van der Waals surface area contributed by atoms with Crippen LogP contribution in [-0.2, 0) is 27.9 Å². The van der Waals surface area contributed by atoms with Gasteiger partial charge in [0.2, 0.25) is 0 Å². The summed E-state index contributed by atoms with van der Waals surface area (Å²) in [7, 11) is 1.31. The zero-order valence-electron chi connectivity index (χ0n) is 35.0. The number of carbonyl (C=O) groups excluding carboxylic acids is 1. The second kappa shape index (κ2) is 36.6. The SMILES string of the molecule is CC/C=C/CC(O)/C=C/C=C/CCCCCCCC(=O)OC[C@H](COP(=O)([O-])OCC[N+](C)(C)C)O/C=C/CCCCCCCC/C=C\CCCCCC. The Balaban J connectivity index is 4.39. The number of allylic oxidation sites excluding steroid dienone is 7. The summed E-state index contributed by atoms with van der Waals surface area (Å²) in [6.45, 7) is 4.42. The van der Waals surface area contributed by atoms with E-state index in [2.05, 4.69) is 38.2 Å². The predicted octanol–water partition coefficient (Wildman–Crippen LogP) is 10.8. The molecule has 0 radical (unpaired) electrons. The maximum absolute atomic E-state index is 12.5. The summed E-state index contributed by atoms with van der Waals surface area (Å²) in [5.41, 5.74) is 0. The third-order valence-electron chi connectivity index (χ3n) is 8.72. The largest absolute Gasteiger partial charge is 0.756 e. The van der Waals surface area contributed by atoms with Gasteiger partial charge in [-0.1, -0.05) is 127 Å². The van der Waals surface area contributed by atoms with Crippen molar-refractivity contribution in [2.45, 2.75) is 167 Å². The Morgan fingerprint density at radius 1 is 0.704 bits per heavy atom. The van der Waals surface area contributed by atoms with Crippen LogP contribution in [0.3, 0.4) is 0 Å². The van der Waals surface area contributed by atoms with Crippen LogP contribution in [0.2, 0.25) is 0 Å². The Morgan fingerprint density at radius 3 is 1.89 bits per heavy atom. The third-order valence-corrected chi connectivity index (χ3v) is 9.69. The number of likely N-dealkylation sites (N-methyl/N-ethyl adjacent to an activating group) is 1. The van der Waals surface area contributed by atoms with E-state index in [4.69, 9.17) is 18.5 Å². The molecule has 314 valence electrons. The highest BCUT2D eigenvalue weighted by atomic mass is 31.2. The molecule has 0 heterocycles. The summed E-state index contributed by atoms with van der Waals surface area (Å²) in [4.78, 5) is 24.8. The Labute approximate surface area is 331 Å². The van der Waals surface area contributed by atoms with Gasteiger partial charge in [-0.05, 0) is 76.7 Å². The van der Waals surface area contributed by atoms with Gasteiger partial charge in [0.1, 0.15) is 19.8 Å². The van der Waals surface area contributed by atoms with Gasteiger partial charge in [-0.2, -0.15) is 0 Å². The minimum atomic E-state index is -4.53. The summed E-state index contributed by atoms with van der Waals surface area (Å²) in [6.07, 6.45) is 42.3. The minimum Gasteiger partial charge on any atom is -0.756 e. The molecule has 54 heavy (non-hydrogen) atoms. The Morgan fingerprint density at radius 2 is 1.28 bits per heavy atom. The van der Waals surface area contributed by atoms with Crippen LogP contribution in [0, 0.1) is 0 Å². The number of quaternary nitrogens is 1. The second-order valence-corrected chi connectivity index (χ2v) is 16.6. The highest BCUT2D eigenvalue weighted by molar-refractivity contribution is 7.45. The normalized spacial score (nSPS) is 14.9. The molecular weight excluding hydrogens is 701 g/mol. The van der Waals surface area contributed by atoms with Gasteiger partial charge in [0.05, 0.1) is 40.1 Å². The van der Waals surface area contributed by atoms with Crippen LogP contribution in [0.25, 0.3) is 0 Å². The van der Waals surface area contributed by atoms with Crippen LogP contribution in [0.15, 0.2) is 60.9 Å². The third kappa shape index (κ3) is 39.7. The van der Waals surface area contributed by atoms with Gasteiger partial charge < -0.3 is 33.0 Å². The van der Waals surface area contributed by atoms with E-state index in [0.717, 1.165) is 64.2 Å². The molecule has 0 aliphatic rings. The molecule has 2 unspecified atom stereocenters. The van der Waals surface area contributed by atoms with Crippen LogP contribution in [-0.4, -0.2) is 75.3 Å². The van der Waals surface area contributed by atoms with E-state index < -0.39 is 20.0 Å². The summed E-state index contributed by atoms with van der Waals surface area (Å²) >= 11 is 0. The van der Waals surface area contributed by atoms with Gasteiger partial charge in [-0.3, -0.25) is 9.36 Å². The van der Waals surface area contributed by atoms with Crippen LogP contribution < -0.4 is 4.89 Å². The lowest BCUT2D eigenvalue weighted by Crippen LogP contribution is -2.37. The zero-order valence-corrected chi connectivity index (χ0v) is 35.9. The minimum absolute atomic E-state index is 0.0113. The Bertz CT molecular complexity index is 1070. The number of esters is 1. The molecule has 3 atom stereocenters. The van der Waals surface area contributed by atoms with Crippen molar-refractivity contribution in [1.82, 2.24) is 0 Å². The highest BCUT2D eigenvalue weighted by Crippen LogP contribution is 2.38. The molecule has 9 nitrogen and oxygen atoms in total. The number of aliphatic hydroxyl groups is 1. The van der Waals surface area contributed by atoms with Crippen molar-refractivity contribution in [2.75, 3.05) is 47.5 Å². The molecule has 0 saturated heterocycles. The van der Waals surface area contributed by atoms with E-state index in [9.17, 15) is 19.4 Å². The smallest absolute Gasteiger partial charge is 0.305 e. The fourth-order valence-corrected chi connectivity index (χ4v) is 6.05. The van der Waals surface area contributed by atoms with Crippen molar-refractivity contribution in [3.05, 3.63) is 60.9 Å². The second-order valence-electron chi connectivity index (χ2n) is 15.2. The molecular formula is C44H80NO8P. The van der Waals surface area contributed by atoms with E-state index in [1.54, 1.807) is 12.3 Å². The summed E-state index contributed by atoms with van der Waals surface area (Å²) in [6, 6.07) is 0. The average Bonchev–Trinajstić information content (AvgIpc) is 3.12. The fraction of sp³-hybridized carbons (Fsp3) is 0.750. The Hall–Kier alpha value is -2.00. The first-order valence-corrected chi connectivity index (χ1v) is 22.6. The predicted molar refractivity (Wildman–Crippen MR) is 223 cm³/mol. The molecule has 0 bridgehead atoms. The first kappa shape index (κ1) is 52.0. The molecule has 0 aliphatic carbocycles. The van der Waals surface area contributed by atoms with Gasteiger partial charge in [-0.15, -0.1) is 0 Å². The van der Waals surface area contributed by atoms with Gasteiger partial charge in [0, 0.05) is 6.42 Å². The fourth-order valence-electron chi connectivity index (χ4n) is 5.32. The van der Waals surface area contributed by atoms with E-state index in [1.807, 2.05) is 45.4 Å². The van der Waals surface area contributed by atoms with E-state index in [-0.39, 0.29) is 25.8 Å². The first-order chi connectivity index (χ1) is 26.0. The molecule has 0 saturated carbocycles. The Kier molecular flexibility index (Phi) is 35.3. The molecule has 10 heteroatoms. The molecule has 1 N–H and O–H groups in total. The van der Waals surface area contributed by atoms with E-state index >= 15 is 0 Å². The van der Waals surface area contributed by atoms with Crippen molar-refractivity contribution in [2.24, 2.45) is 0 Å². The molecule has 0 aromatic carbocycles. The van der Waals surface area contributed by atoms with Crippen molar-refractivity contribution >= 4 is 13.8 Å². The molecule has 0 rings (SSSR count). The highest BCUT2D eigenvalue weighted by Gasteiger charge is 2.19. The summed E-state index contributed by atoms with van der Waals surface area (Å²) in [5, 5.41) is 9.87. The average molecular weight is 782 g/mol. The summed E-state index contributed by atoms with van der Waals surface area (Å²) < 4.78 is 34.3. The monoisotopic (exact) mass is 782 g/mol. The van der Waals surface area contributed by atoms with Crippen molar-refractivity contribution < 1.29 is 42.4 Å². The number of nitrogens with zero attached hydrogens (tertiary/aromatic N) is 1. The standard InChI is InChI=1S/C44H80NO8P/c1-6-8-10-11-12-13-14-15-16-17-18-19-23-26-29-33-38-50-43(41-53-54(48,49)52-39-37-45(3,4)5)40-51-44(47)36-32-28-25-22-20-21-24-27-31-35-42(46)34-30-9-7-2/h9,13-14,24,27,30-31,33,35,38,42-43,46H,6-8,10-12,15-23,25-26,28-29,32,34,36-37,39-41H2,1-5H3/b14-13-,27-24+,30-9+,35-31+,38-33+/t42?,43-/m1/s1. The van der Waals surface area contributed by atoms with E-state index in [0.29, 0.717) is 23.9 Å². The quantitative estimate of drug-likeness (QED) is 0.0125. The van der Waals surface area contributed by atoms with Gasteiger partial charge in [-0.25, -0.2) is 0 Å². The number of hydrogen-bond donors (Lipinski definition) is 1. The van der Waals surface area contributed by atoms with Gasteiger partial charge in [0.15, 0.2) is 6.10 Å². The van der Waals surface area contributed by atoms with Gasteiger partial charge >= 0.3 is 5.97 Å². The number of ether oxygens (including phenoxy) is 2. The van der Waals surface area contributed by atoms with Crippen LogP contribution in [0.4, 0.5) is 0 Å². The molecule has 0 fully saturated rings. The number of phosphoric ester groups is 1. The molecule has 0 aromatic rings. The number of aliphatic hydroxyl groups excluding tert-OH is 1. The number of carbonyl (C=O) groups is 1. The lowest BCUT2D eigenvalue weighted by Gasteiger charge is -2.28. The van der Waals surface area contributed by atoms with Crippen molar-refractivity contribution in [3.63, 3.8) is 0 Å². The molecule has 0 spiro atoms. The first-order valence-electron chi connectivity index (χ1n) is 21.2. The van der Waals surface area contributed by atoms with Crippen molar-refractivity contribution in [3.8, 4) is 0 Å². The number of phosphoric acid groups is 1. The lowest BCUT2D eigenvalue weighted by atomic mass is 10.1. The maximum atomic E-state index is 12.5. The van der Waals surface area contributed by atoms with Crippen molar-refractivity contribution in [1.29, 1.82) is 0 Å². The summed E-state index contributed by atoms with van der Waals surface area (Å²) in [5.74, 6) is -0.336. The molecule has 0 amide bonds. The topological polar surface area (TPSA) is 114 Å².